The number of nitrogens with zero attached hydrogens (tertiary/aromatic N) is 5. The van der Waals surface area contributed by atoms with Crippen LogP contribution in [0.5, 0.6) is 0 Å². The van der Waals surface area contributed by atoms with Gasteiger partial charge in [0.2, 0.25) is 11.8 Å². The summed E-state index contributed by atoms with van der Waals surface area (Å²) >= 11 is 0. The van der Waals surface area contributed by atoms with Crippen LogP contribution in [0.2, 0.25) is 0 Å². The number of amides is 8. The third kappa shape index (κ3) is 11.5. The molecular weight excluding hydrogens is 815 g/mol. The summed E-state index contributed by atoms with van der Waals surface area (Å²) in [5.41, 5.74) is 12.8. The van der Waals surface area contributed by atoms with Crippen molar-refractivity contribution in [3.8, 4) is 0 Å². The highest BCUT2D eigenvalue weighted by atomic mass is 19.2. The topological polar surface area (TPSA) is 279 Å². The molecule has 1 aromatic carbocycles. The minimum atomic E-state index is -1.18. The molecule has 4 aromatic heterocycles. The maximum atomic E-state index is 13.9. The molecule has 0 unspecified atom stereocenters. The predicted octanol–water partition coefficient (Wildman–Crippen LogP) is 1.31. The number of aryl methyl sites for hydroxylation is 4. The maximum absolute atomic E-state index is 13.9. The number of benzene rings is 1. The summed E-state index contributed by atoms with van der Waals surface area (Å²) in [6.07, 6.45) is 6.13. The molecule has 21 nitrogen and oxygen atoms in total. The van der Waals surface area contributed by atoms with Crippen LogP contribution < -0.4 is 48.7 Å². The minimum Gasteiger partial charge on any atom is -0.349 e. The summed E-state index contributed by atoms with van der Waals surface area (Å²) in [7, 11) is 6.42. The molecule has 0 saturated heterocycles. The lowest BCUT2D eigenvalue weighted by molar-refractivity contribution is -0.115. The van der Waals surface area contributed by atoms with Gasteiger partial charge < -0.3 is 71.9 Å². The first-order valence-electron chi connectivity index (χ1n) is 18.8. The number of hydrogen-bond acceptors (Lipinski definition) is 9. The van der Waals surface area contributed by atoms with Crippen LogP contribution in [0.1, 0.15) is 42.0 Å². The van der Waals surface area contributed by atoms with Gasteiger partial charge in [0.15, 0.2) is 11.6 Å². The van der Waals surface area contributed by atoms with Crippen LogP contribution in [-0.2, 0) is 37.8 Å². The fourth-order valence-corrected chi connectivity index (χ4v) is 6.13. The Morgan fingerprint density at radius 3 is 1.24 bits per heavy atom. The molecule has 23 heteroatoms. The Kier molecular flexibility index (Phi) is 14.6. The normalized spacial score (nSPS) is 10.8. The predicted molar refractivity (Wildman–Crippen MR) is 225 cm³/mol. The van der Waals surface area contributed by atoms with Crippen LogP contribution in [0.4, 0.5) is 42.0 Å². The second kappa shape index (κ2) is 20.0. The largest absolute Gasteiger partial charge is 0.349 e. The van der Waals surface area contributed by atoms with Crippen LogP contribution in [0.3, 0.4) is 0 Å². The van der Waals surface area contributed by atoms with Crippen molar-refractivity contribution >= 4 is 69.9 Å². The standard InChI is InChI=1S/C39H46F2N14O7/c1-51-20-25(48-37(60)31-12-23(18-53(31)3)46-33(56)16-42)14-29(51)35(58)44-7-9-55(39(62)50-22-5-6-27(40)28(41)11-22)10-8-45-36(59)30-15-26(21-52(30)2)49-38(61)32-13-24(19-54(32)4)47-34(57)17-43/h5-6,11-15,18-21H,7-10,16-17,42-43H2,1-4H3,(H,44,58)(H,45,59)(H,46,56)(H,47,57)(H,48,60)(H,49,61)(H,50,62). The number of carbonyl (C=O) groups excluding carboxylic acids is 7. The Morgan fingerprint density at radius 1 is 0.500 bits per heavy atom. The van der Waals surface area contributed by atoms with Gasteiger partial charge in [-0.05, 0) is 36.4 Å². The van der Waals surface area contributed by atoms with Gasteiger partial charge in [0.05, 0.1) is 35.8 Å². The van der Waals surface area contributed by atoms with Gasteiger partial charge in [0.25, 0.3) is 23.6 Å². The zero-order valence-electron chi connectivity index (χ0n) is 34.1. The number of halogens is 2. The Bertz CT molecular complexity index is 2380. The maximum Gasteiger partial charge on any atom is 0.321 e. The van der Waals surface area contributed by atoms with Crippen LogP contribution in [0, 0.1) is 11.6 Å². The molecule has 0 saturated carbocycles. The van der Waals surface area contributed by atoms with E-state index < -0.39 is 53.1 Å². The number of hydrogen-bond donors (Lipinski definition) is 9. The van der Waals surface area contributed by atoms with Crippen LogP contribution in [0.25, 0.3) is 0 Å². The molecule has 0 bridgehead atoms. The molecule has 328 valence electrons. The van der Waals surface area contributed by atoms with E-state index in [2.05, 4.69) is 37.2 Å². The smallest absolute Gasteiger partial charge is 0.321 e. The van der Waals surface area contributed by atoms with E-state index in [1.165, 1.54) is 65.9 Å². The lowest BCUT2D eigenvalue weighted by Gasteiger charge is -2.23. The van der Waals surface area contributed by atoms with Gasteiger partial charge in [-0.25, -0.2) is 13.6 Å². The zero-order chi connectivity index (χ0) is 45.2. The number of anilines is 5. The van der Waals surface area contributed by atoms with E-state index in [-0.39, 0.29) is 67.7 Å². The fourth-order valence-electron chi connectivity index (χ4n) is 6.13. The molecule has 11 N–H and O–H groups in total. The van der Waals surface area contributed by atoms with Gasteiger partial charge in [-0.1, -0.05) is 0 Å². The SMILES string of the molecule is Cn1cc(NC(=O)c2cc(NC(=O)CN)cn2C)cc1C(=O)NCCN(CCNC(=O)c1cc(NC(=O)c2cc(NC(=O)CN)cn2C)cn1C)C(=O)Nc1ccc(F)c(F)c1. The van der Waals surface area contributed by atoms with Crippen molar-refractivity contribution in [3.63, 3.8) is 0 Å². The molecule has 5 rings (SSSR count). The summed E-state index contributed by atoms with van der Waals surface area (Å²) in [6, 6.07) is 7.91. The van der Waals surface area contributed by atoms with Crippen molar-refractivity contribution in [2.45, 2.75) is 0 Å². The summed E-state index contributed by atoms with van der Waals surface area (Å²) in [5, 5.41) is 18.5. The molecule has 0 aliphatic carbocycles. The van der Waals surface area contributed by atoms with Crippen molar-refractivity contribution in [2.24, 2.45) is 39.7 Å². The monoisotopic (exact) mass is 860 g/mol. The summed E-state index contributed by atoms with van der Waals surface area (Å²) < 4.78 is 33.5. The zero-order valence-corrected chi connectivity index (χ0v) is 34.1. The quantitative estimate of drug-likeness (QED) is 0.0651. The number of rotatable bonds is 17. The molecule has 5 aromatic rings. The number of aromatic nitrogens is 4. The highest BCUT2D eigenvalue weighted by Gasteiger charge is 2.21. The van der Waals surface area contributed by atoms with E-state index in [0.717, 1.165) is 12.1 Å². The Morgan fingerprint density at radius 2 is 0.871 bits per heavy atom. The minimum absolute atomic E-state index is 0.0394. The van der Waals surface area contributed by atoms with E-state index in [1.54, 1.807) is 40.6 Å². The van der Waals surface area contributed by atoms with Gasteiger partial charge >= 0.3 is 6.03 Å². The summed E-state index contributed by atoms with van der Waals surface area (Å²) in [5.74, 6) is -5.28. The van der Waals surface area contributed by atoms with Gasteiger partial charge in [-0.3, -0.25) is 28.8 Å². The second-order valence-corrected chi connectivity index (χ2v) is 13.9. The first-order valence-corrected chi connectivity index (χ1v) is 18.8. The van der Waals surface area contributed by atoms with E-state index in [1.807, 2.05) is 0 Å². The summed E-state index contributed by atoms with van der Waals surface area (Å²) in [6.45, 7) is -0.834. The Hall–Kier alpha value is -7.79. The molecule has 0 spiro atoms. The molecule has 0 atom stereocenters. The van der Waals surface area contributed by atoms with E-state index in [0.29, 0.717) is 22.7 Å². The fraction of sp³-hybridized carbons (Fsp3) is 0.256. The van der Waals surface area contributed by atoms with Gasteiger partial charge in [0.1, 0.15) is 22.8 Å². The number of nitrogens with two attached hydrogens (primary N) is 2. The molecule has 8 amide bonds. The Balaban J connectivity index is 1.19. The Labute approximate surface area is 352 Å². The molecule has 0 fully saturated rings. The van der Waals surface area contributed by atoms with Gasteiger partial charge in [-0.15, -0.1) is 0 Å². The lowest BCUT2D eigenvalue weighted by atomic mass is 10.3. The first kappa shape index (κ1) is 45.3. The van der Waals surface area contributed by atoms with Crippen LogP contribution in [0.15, 0.2) is 67.3 Å². The number of nitrogens with one attached hydrogen (secondary N) is 7. The van der Waals surface area contributed by atoms with Crippen LogP contribution >= 0.6 is 0 Å². The molecular formula is C39H46F2N14O7. The molecule has 0 aliphatic rings. The van der Waals surface area contributed by atoms with E-state index >= 15 is 0 Å². The van der Waals surface area contributed by atoms with Crippen molar-refractivity contribution < 1.29 is 42.3 Å². The highest BCUT2D eigenvalue weighted by molar-refractivity contribution is 6.06. The third-order valence-corrected chi connectivity index (χ3v) is 9.20. The second-order valence-electron chi connectivity index (χ2n) is 13.9. The molecule has 62 heavy (non-hydrogen) atoms. The van der Waals surface area contributed by atoms with Crippen molar-refractivity contribution in [2.75, 3.05) is 65.9 Å². The number of carbonyl (C=O) groups is 7. The molecule has 0 radical (unpaired) electrons. The van der Waals surface area contributed by atoms with Crippen molar-refractivity contribution in [1.82, 2.24) is 33.8 Å². The van der Waals surface area contributed by atoms with Crippen LogP contribution in [-0.4, -0.2) is 104 Å². The molecule has 0 aliphatic heterocycles. The van der Waals surface area contributed by atoms with E-state index in [9.17, 15) is 42.3 Å². The average Bonchev–Trinajstić information content (AvgIpc) is 3.99. The van der Waals surface area contributed by atoms with Crippen molar-refractivity contribution in [3.05, 3.63) is 102 Å². The van der Waals surface area contributed by atoms with Crippen molar-refractivity contribution in [1.29, 1.82) is 0 Å². The van der Waals surface area contributed by atoms with Gasteiger partial charge in [0, 0.05) is 90.9 Å². The third-order valence-electron chi connectivity index (χ3n) is 9.20. The van der Waals surface area contributed by atoms with E-state index in [4.69, 9.17) is 11.5 Å². The summed E-state index contributed by atoms with van der Waals surface area (Å²) in [4.78, 5) is 90.4. The molecule has 4 heterocycles. The lowest BCUT2D eigenvalue weighted by Crippen LogP contribution is -2.44. The average molecular weight is 861 g/mol. The van der Waals surface area contributed by atoms with Gasteiger partial charge in [-0.2, -0.15) is 0 Å². The number of urea groups is 1. The highest BCUT2D eigenvalue weighted by Crippen LogP contribution is 2.20. The first-order chi connectivity index (χ1) is 29.5.